The molecular weight excluding hydrogens is 422 g/mol. The molecule has 7 nitrogen and oxygen atoms in total. The molecule has 2 unspecified atom stereocenters. The van der Waals surface area contributed by atoms with Gasteiger partial charge in [0.25, 0.3) is 5.91 Å². The molecule has 2 atom stereocenters. The number of benzene rings is 2. The number of morpholine rings is 1. The number of amides is 1. The average Bonchev–Trinajstić information content (AvgIpc) is 2.73. The Balaban J connectivity index is 1.44. The van der Waals surface area contributed by atoms with E-state index in [2.05, 4.69) is 28.8 Å². The van der Waals surface area contributed by atoms with Crippen molar-refractivity contribution in [3.63, 3.8) is 0 Å². The fourth-order valence-electron chi connectivity index (χ4n) is 3.55. The number of rotatable bonds is 8. The Hall–Kier alpha value is -3.04. The molecule has 0 aliphatic carbocycles. The molecule has 1 N–H and O–H groups in total. The Bertz CT molecular complexity index is 896. The van der Waals surface area contributed by atoms with Crippen molar-refractivity contribution in [3.05, 3.63) is 59.7 Å². The monoisotopic (exact) mass is 448 g/mol. The third kappa shape index (κ3) is 7.28. The number of hydrogen-bond acceptors (Lipinski definition) is 6. The van der Waals surface area contributed by atoms with Gasteiger partial charge in [0.1, 0.15) is 5.75 Å². The smallest absolute Gasteiger partial charge is 0.387 e. The average molecular weight is 448 g/mol. The molecule has 32 heavy (non-hydrogen) atoms. The van der Waals surface area contributed by atoms with Gasteiger partial charge in [0.05, 0.1) is 17.8 Å². The lowest BCUT2D eigenvalue weighted by atomic mass is 10.1. The maximum Gasteiger partial charge on any atom is 0.387 e. The van der Waals surface area contributed by atoms with Gasteiger partial charge in [-0.2, -0.15) is 8.78 Å². The van der Waals surface area contributed by atoms with Crippen LogP contribution in [0.2, 0.25) is 0 Å². The number of carbonyl (C=O) groups is 2. The minimum atomic E-state index is -2.92. The molecule has 9 heteroatoms. The van der Waals surface area contributed by atoms with Crippen LogP contribution in [-0.4, -0.2) is 55.3 Å². The number of nitrogens with one attached hydrogen (secondary N) is 1. The molecule has 1 saturated heterocycles. The fraction of sp³-hybridized carbons (Fsp3) is 0.391. The number of ether oxygens (including phenoxy) is 3. The van der Waals surface area contributed by atoms with E-state index in [1.807, 2.05) is 12.1 Å². The molecule has 1 aliphatic heterocycles. The van der Waals surface area contributed by atoms with Crippen LogP contribution in [0, 0.1) is 0 Å². The number of anilines is 1. The van der Waals surface area contributed by atoms with Crippen LogP contribution in [0.1, 0.15) is 29.8 Å². The van der Waals surface area contributed by atoms with Gasteiger partial charge < -0.3 is 19.5 Å². The van der Waals surface area contributed by atoms with Crippen molar-refractivity contribution >= 4 is 17.6 Å². The highest BCUT2D eigenvalue weighted by atomic mass is 19.3. The second-order valence-electron chi connectivity index (χ2n) is 7.68. The van der Waals surface area contributed by atoms with Crippen LogP contribution in [0.5, 0.6) is 5.75 Å². The Morgan fingerprint density at radius 3 is 2.28 bits per heavy atom. The van der Waals surface area contributed by atoms with E-state index in [1.165, 1.54) is 24.3 Å². The van der Waals surface area contributed by atoms with Crippen molar-refractivity contribution in [1.29, 1.82) is 0 Å². The Kier molecular flexibility index (Phi) is 8.13. The molecule has 1 heterocycles. The molecule has 2 aromatic rings. The van der Waals surface area contributed by atoms with Gasteiger partial charge in [-0.15, -0.1) is 0 Å². The fourth-order valence-corrected chi connectivity index (χ4v) is 3.55. The van der Waals surface area contributed by atoms with E-state index in [0.717, 1.165) is 25.2 Å². The van der Waals surface area contributed by atoms with Crippen LogP contribution >= 0.6 is 0 Å². The summed E-state index contributed by atoms with van der Waals surface area (Å²) in [6.07, 6.45) is 0.367. The van der Waals surface area contributed by atoms with Crippen molar-refractivity contribution in [2.24, 2.45) is 0 Å². The Morgan fingerprint density at radius 1 is 1.06 bits per heavy atom. The minimum Gasteiger partial charge on any atom is -0.452 e. The lowest BCUT2D eigenvalue weighted by Crippen LogP contribution is -2.44. The van der Waals surface area contributed by atoms with Crippen molar-refractivity contribution in [2.75, 3.05) is 25.0 Å². The lowest BCUT2D eigenvalue weighted by Gasteiger charge is -2.35. The highest BCUT2D eigenvalue weighted by molar-refractivity contribution is 5.95. The molecule has 172 valence electrons. The van der Waals surface area contributed by atoms with Crippen molar-refractivity contribution in [3.8, 4) is 5.75 Å². The molecule has 2 aromatic carbocycles. The van der Waals surface area contributed by atoms with E-state index in [-0.39, 0.29) is 18.0 Å². The number of hydrogen-bond donors (Lipinski definition) is 1. The summed E-state index contributed by atoms with van der Waals surface area (Å²) in [5, 5.41) is 2.52. The number of nitrogens with zero attached hydrogens (tertiary/aromatic N) is 1. The quantitative estimate of drug-likeness (QED) is 0.621. The van der Waals surface area contributed by atoms with Crippen molar-refractivity contribution < 1.29 is 32.6 Å². The zero-order valence-corrected chi connectivity index (χ0v) is 17.9. The number of esters is 1. The maximum absolute atomic E-state index is 12.2. The Labute approximate surface area is 185 Å². The summed E-state index contributed by atoms with van der Waals surface area (Å²) in [5.74, 6) is -1.18. The van der Waals surface area contributed by atoms with Crippen LogP contribution in [0.15, 0.2) is 48.5 Å². The first-order valence-electron chi connectivity index (χ1n) is 10.3. The highest BCUT2D eigenvalue weighted by Crippen LogP contribution is 2.18. The third-order valence-corrected chi connectivity index (χ3v) is 4.79. The van der Waals surface area contributed by atoms with E-state index >= 15 is 0 Å². The van der Waals surface area contributed by atoms with Gasteiger partial charge in [-0.3, -0.25) is 9.69 Å². The largest absolute Gasteiger partial charge is 0.452 e. The summed E-state index contributed by atoms with van der Waals surface area (Å²) >= 11 is 0. The number of halogens is 2. The van der Waals surface area contributed by atoms with Gasteiger partial charge in [0.15, 0.2) is 6.61 Å². The van der Waals surface area contributed by atoms with Crippen LogP contribution in [0.4, 0.5) is 14.5 Å². The van der Waals surface area contributed by atoms with Gasteiger partial charge in [-0.1, -0.05) is 12.1 Å². The first-order valence-corrected chi connectivity index (χ1v) is 10.3. The third-order valence-electron chi connectivity index (χ3n) is 4.79. The second-order valence-corrected chi connectivity index (χ2v) is 7.68. The molecule has 0 spiro atoms. The number of carbonyl (C=O) groups excluding carboxylic acids is 2. The van der Waals surface area contributed by atoms with Gasteiger partial charge in [-0.25, -0.2) is 4.79 Å². The van der Waals surface area contributed by atoms with Crippen LogP contribution < -0.4 is 10.1 Å². The molecule has 1 aliphatic rings. The summed E-state index contributed by atoms with van der Waals surface area (Å²) in [6, 6.07) is 12.5. The van der Waals surface area contributed by atoms with Gasteiger partial charge >= 0.3 is 12.6 Å². The lowest BCUT2D eigenvalue weighted by molar-refractivity contribution is -0.119. The van der Waals surface area contributed by atoms with E-state index in [1.54, 1.807) is 12.1 Å². The molecule has 0 saturated carbocycles. The van der Waals surface area contributed by atoms with Gasteiger partial charge in [-0.05, 0) is 55.8 Å². The zero-order chi connectivity index (χ0) is 23.1. The molecule has 0 radical (unpaired) electrons. The number of alkyl halides is 2. The van der Waals surface area contributed by atoms with Crippen molar-refractivity contribution in [1.82, 2.24) is 4.90 Å². The topological polar surface area (TPSA) is 77.1 Å². The first-order chi connectivity index (χ1) is 15.3. The Morgan fingerprint density at radius 2 is 1.69 bits per heavy atom. The predicted molar refractivity (Wildman–Crippen MR) is 114 cm³/mol. The van der Waals surface area contributed by atoms with E-state index in [0.29, 0.717) is 11.3 Å². The van der Waals surface area contributed by atoms with Crippen LogP contribution in [-0.2, 0) is 20.8 Å². The van der Waals surface area contributed by atoms with E-state index in [9.17, 15) is 18.4 Å². The van der Waals surface area contributed by atoms with Gasteiger partial charge in [0.2, 0.25) is 0 Å². The second kappa shape index (κ2) is 11.0. The van der Waals surface area contributed by atoms with E-state index in [4.69, 9.17) is 9.47 Å². The standard InChI is InChI=1S/C23H26F2N2O5/c1-15-11-27(12-16(2)31-15)13-17-3-5-18(6-4-17)22(29)30-14-21(28)26-19-7-9-20(10-8-19)32-23(24)25/h3-10,15-16,23H,11-14H2,1-2H3,(H,26,28). The normalized spacial score (nSPS) is 18.9. The highest BCUT2D eigenvalue weighted by Gasteiger charge is 2.22. The molecular formula is C23H26F2N2O5. The van der Waals surface area contributed by atoms with Crippen molar-refractivity contribution in [2.45, 2.75) is 39.2 Å². The molecule has 1 amide bonds. The molecule has 3 rings (SSSR count). The first kappa shape index (κ1) is 23.6. The van der Waals surface area contributed by atoms with Crippen LogP contribution in [0.25, 0.3) is 0 Å². The SMILES string of the molecule is CC1CN(Cc2ccc(C(=O)OCC(=O)Nc3ccc(OC(F)F)cc3)cc2)CC(C)O1. The van der Waals surface area contributed by atoms with Gasteiger partial charge in [0, 0.05) is 25.3 Å². The molecule has 1 fully saturated rings. The summed E-state index contributed by atoms with van der Waals surface area (Å²) < 4.78 is 39.3. The zero-order valence-electron chi connectivity index (χ0n) is 17.9. The summed E-state index contributed by atoms with van der Waals surface area (Å²) in [6.45, 7) is 3.17. The minimum absolute atomic E-state index is 0.0227. The summed E-state index contributed by atoms with van der Waals surface area (Å²) in [5.41, 5.74) is 1.78. The predicted octanol–water partition coefficient (Wildman–Crippen LogP) is 3.69. The summed E-state index contributed by atoms with van der Waals surface area (Å²) in [7, 11) is 0. The van der Waals surface area contributed by atoms with E-state index < -0.39 is 25.1 Å². The summed E-state index contributed by atoms with van der Waals surface area (Å²) in [4.78, 5) is 26.5. The maximum atomic E-state index is 12.2. The molecule has 0 bridgehead atoms. The van der Waals surface area contributed by atoms with Crippen LogP contribution in [0.3, 0.4) is 0 Å². The molecule has 0 aromatic heterocycles.